The molecular formula is C20H36N4O8. The SMILES string of the molecule is CC[C@H](NC(C)=O)C(=O)N[C@H](CC)C(=O)N[C@@H](CCC(=O)O)C(=O)NCCOCCOC. The molecule has 4 amide bonds. The fourth-order valence-corrected chi connectivity index (χ4v) is 2.65. The van der Waals surface area contributed by atoms with Gasteiger partial charge in [-0.2, -0.15) is 0 Å². The Morgan fingerprint density at radius 3 is 1.88 bits per heavy atom. The number of aliphatic carboxylic acids is 1. The molecule has 0 rings (SSSR count). The molecule has 0 unspecified atom stereocenters. The third kappa shape index (κ3) is 12.8. The van der Waals surface area contributed by atoms with Gasteiger partial charge in [0.25, 0.3) is 0 Å². The second-order valence-electron chi connectivity index (χ2n) is 7.02. The zero-order chi connectivity index (χ0) is 24.5. The maximum absolute atomic E-state index is 12.7. The molecule has 0 aromatic heterocycles. The highest BCUT2D eigenvalue weighted by Crippen LogP contribution is 2.02. The van der Waals surface area contributed by atoms with Gasteiger partial charge in [-0.15, -0.1) is 0 Å². The molecule has 184 valence electrons. The van der Waals surface area contributed by atoms with E-state index >= 15 is 0 Å². The number of ether oxygens (including phenoxy) is 2. The lowest BCUT2D eigenvalue weighted by molar-refractivity contribution is -0.138. The number of carboxylic acid groups (broad SMARTS) is 1. The molecule has 12 heteroatoms. The second-order valence-corrected chi connectivity index (χ2v) is 7.02. The summed E-state index contributed by atoms with van der Waals surface area (Å²) in [7, 11) is 1.54. The summed E-state index contributed by atoms with van der Waals surface area (Å²) in [6.45, 7) is 5.85. The third-order valence-electron chi connectivity index (χ3n) is 4.40. The molecule has 0 aliphatic heterocycles. The van der Waals surface area contributed by atoms with Crippen molar-refractivity contribution in [2.24, 2.45) is 0 Å². The van der Waals surface area contributed by atoms with E-state index in [1.165, 1.54) is 14.0 Å². The van der Waals surface area contributed by atoms with Gasteiger partial charge in [0, 0.05) is 27.0 Å². The molecule has 5 N–H and O–H groups in total. The average Bonchev–Trinajstić information content (AvgIpc) is 2.74. The summed E-state index contributed by atoms with van der Waals surface area (Å²) >= 11 is 0. The Morgan fingerprint density at radius 2 is 1.38 bits per heavy atom. The molecule has 0 aromatic carbocycles. The lowest BCUT2D eigenvalue weighted by atomic mass is 10.1. The van der Waals surface area contributed by atoms with Crippen LogP contribution in [0.15, 0.2) is 0 Å². The van der Waals surface area contributed by atoms with Crippen LogP contribution >= 0.6 is 0 Å². The summed E-state index contributed by atoms with van der Waals surface area (Å²) in [5, 5.41) is 19.1. The van der Waals surface area contributed by atoms with Gasteiger partial charge in [-0.25, -0.2) is 0 Å². The van der Waals surface area contributed by atoms with Crippen molar-refractivity contribution in [3.63, 3.8) is 0 Å². The highest BCUT2D eigenvalue weighted by atomic mass is 16.5. The fraction of sp³-hybridized carbons (Fsp3) is 0.750. The van der Waals surface area contributed by atoms with Crippen molar-refractivity contribution in [1.29, 1.82) is 0 Å². The minimum Gasteiger partial charge on any atom is -0.481 e. The van der Waals surface area contributed by atoms with Crippen LogP contribution in [0.4, 0.5) is 0 Å². The van der Waals surface area contributed by atoms with E-state index in [2.05, 4.69) is 21.3 Å². The number of methoxy groups -OCH3 is 1. The number of hydrogen-bond acceptors (Lipinski definition) is 7. The fourth-order valence-electron chi connectivity index (χ4n) is 2.65. The van der Waals surface area contributed by atoms with Crippen LogP contribution in [0.3, 0.4) is 0 Å². The molecule has 0 saturated heterocycles. The van der Waals surface area contributed by atoms with Gasteiger partial charge in [0.15, 0.2) is 0 Å². The number of carbonyl (C=O) groups excluding carboxylic acids is 4. The van der Waals surface area contributed by atoms with E-state index in [9.17, 15) is 24.0 Å². The largest absolute Gasteiger partial charge is 0.481 e. The topological polar surface area (TPSA) is 172 Å². The molecule has 0 spiro atoms. The molecule has 0 radical (unpaired) electrons. The van der Waals surface area contributed by atoms with Crippen molar-refractivity contribution in [3.8, 4) is 0 Å². The minimum absolute atomic E-state index is 0.120. The first-order valence-corrected chi connectivity index (χ1v) is 10.6. The van der Waals surface area contributed by atoms with E-state index in [0.717, 1.165) is 0 Å². The zero-order valence-electron chi connectivity index (χ0n) is 19.2. The van der Waals surface area contributed by atoms with Crippen molar-refractivity contribution in [2.75, 3.05) is 33.5 Å². The highest BCUT2D eigenvalue weighted by Gasteiger charge is 2.28. The van der Waals surface area contributed by atoms with Crippen LogP contribution in [0.25, 0.3) is 0 Å². The van der Waals surface area contributed by atoms with Crippen LogP contribution in [0.5, 0.6) is 0 Å². The molecular weight excluding hydrogens is 424 g/mol. The van der Waals surface area contributed by atoms with Gasteiger partial charge in [-0.05, 0) is 19.3 Å². The van der Waals surface area contributed by atoms with Crippen molar-refractivity contribution in [2.45, 2.75) is 64.6 Å². The Balaban J connectivity index is 4.96. The van der Waals surface area contributed by atoms with Gasteiger partial charge in [0.2, 0.25) is 23.6 Å². The van der Waals surface area contributed by atoms with Gasteiger partial charge in [-0.3, -0.25) is 24.0 Å². The lowest BCUT2D eigenvalue weighted by Gasteiger charge is -2.24. The van der Waals surface area contributed by atoms with E-state index in [0.29, 0.717) is 19.6 Å². The molecule has 0 aromatic rings. The van der Waals surface area contributed by atoms with Crippen LogP contribution in [-0.2, 0) is 33.4 Å². The normalized spacial score (nSPS) is 13.4. The first-order valence-electron chi connectivity index (χ1n) is 10.6. The first-order chi connectivity index (χ1) is 15.2. The average molecular weight is 461 g/mol. The lowest BCUT2D eigenvalue weighted by Crippen LogP contribution is -2.56. The van der Waals surface area contributed by atoms with Gasteiger partial charge >= 0.3 is 5.97 Å². The summed E-state index contributed by atoms with van der Waals surface area (Å²) in [6.07, 6.45) is 0.117. The summed E-state index contributed by atoms with van der Waals surface area (Å²) in [5.74, 6) is -3.19. The van der Waals surface area contributed by atoms with E-state index < -0.39 is 41.8 Å². The Bertz CT molecular complexity index is 629. The van der Waals surface area contributed by atoms with Crippen LogP contribution in [-0.4, -0.2) is 86.3 Å². The minimum atomic E-state index is -1.11. The van der Waals surface area contributed by atoms with Crippen molar-refractivity contribution in [3.05, 3.63) is 0 Å². The van der Waals surface area contributed by atoms with Gasteiger partial charge < -0.3 is 35.8 Å². The standard InChI is InChI=1S/C20H36N4O8/c1-5-14(22-13(3)25)19(29)23-15(6-2)20(30)24-16(7-8-17(26)27)18(28)21-9-10-32-12-11-31-4/h14-16H,5-12H2,1-4H3,(H,21,28)(H,22,25)(H,23,29)(H,24,30)(H,26,27)/t14-,15+,16-/m0/s1. The first kappa shape index (κ1) is 29.3. The van der Waals surface area contributed by atoms with E-state index in [-0.39, 0.29) is 38.3 Å². The Morgan fingerprint density at radius 1 is 0.812 bits per heavy atom. The Labute approximate surface area is 188 Å². The smallest absolute Gasteiger partial charge is 0.303 e. The van der Waals surface area contributed by atoms with E-state index in [1.54, 1.807) is 13.8 Å². The van der Waals surface area contributed by atoms with Gasteiger partial charge in [0.05, 0.1) is 19.8 Å². The quantitative estimate of drug-likeness (QED) is 0.171. The van der Waals surface area contributed by atoms with Gasteiger partial charge in [0.1, 0.15) is 18.1 Å². The number of nitrogens with one attached hydrogen (secondary N) is 4. The van der Waals surface area contributed by atoms with Gasteiger partial charge in [-0.1, -0.05) is 13.8 Å². The number of rotatable bonds is 17. The third-order valence-corrected chi connectivity index (χ3v) is 4.40. The highest BCUT2D eigenvalue weighted by molar-refractivity contribution is 5.94. The molecule has 32 heavy (non-hydrogen) atoms. The molecule has 3 atom stereocenters. The maximum Gasteiger partial charge on any atom is 0.303 e. The Hall–Kier alpha value is -2.73. The van der Waals surface area contributed by atoms with Crippen LogP contribution in [0.1, 0.15) is 46.5 Å². The van der Waals surface area contributed by atoms with Crippen LogP contribution in [0.2, 0.25) is 0 Å². The number of carboxylic acids is 1. The molecule has 0 bridgehead atoms. The summed E-state index contributed by atoms with van der Waals surface area (Å²) in [4.78, 5) is 59.7. The molecule has 12 nitrogen and oxygen atoms in total. The molecule has 0 saturated carbocycles. The predicted molar refractivity (Wildman–Crippen MR) is 115 cm³/mol. The van der Waals surface area contributed by atoms with E-state index in [1.807, 2.05) is 0 Å². The number of carbonyl (C=O) groups is 5. The van der Waals surface area contributed by atoms with Crippen molar-refractivity contribution in [1.82, 2.24) is 21.3 Å². The van der Waals surface area contributed by atoms with Crippen LogP contribution < -0.4 is 21.3 Å². The number of hydrogen-bond donors (Lipinski definition) is 5. The summed E-state index contributed by atoms with van der Waals surface area (Å²) in [6, 6.07) is -2.85. The second kappa shape index (κ2) is 16.9. The monoisotopic (exact) mass is 460 g/mol. The molecule has 0 fully saturated rings. The number of amides is 4. The molecule has 0 heterocycles. The summed E-state index contributed by atoms with van der Waals surface area (Å²) < 4.78 is 10.1. The van der Waals surface area contributed by atoms with E-state index in [4.69, 9.17) is 14.6 Å². The maximum atomic E-state index is 12.7. The van der Waals surface area contributed by atoms with Crippen LogP contribution in [0, 0.1) is 0 Å². The Kier molecular flexibility index (Phi) is 15.5. The predicted octanol–water partition coefficient (Wildman–Crippen LogP) is -1.08. The van der Waals surface area contributed by atoms with Crippen molar-refractivity contribution >= 4 is 29.6 Å². The zero-order valence-corrected chi connectivity index (χ0v) is 19.2. The summed E-state index contributed by atoms with van der Waals surface area (Å²) in [5.41, 5.74) is 0. The molecule has 0 aliphatic rings. The van der Waals surface area contributed by atoms with Crippen molar-refractivity contribution < 1.29 is 38.6 Å². The molecule has 0 aliphatic carbocycles.